The van der Waals surface area contributed by atoms with E-state index in [-0.39, 0.29) is 12.3 Å². The summed E-state index contributed by atoms with van der Waals surface area (Å²) in [6.07, 6.45) is -6.84. The van der Waals surface area contributed by atoms with Crippen molar-refractivity contribution in [1.29, 1.82) is 0 Å². The predicted molar refractivity (Wildman–Crippen MR) is 39.5 cm³/mol. The average Bonchev–Trinajstić information content (AvgIpc) is 1.82. The van der Waals surface area contributed by atoms with Gasteiger partial charge in [-0.3, -0.25) is 0 Å². The van der Waals surface area contributed by atoms with Crippen LogP contribution in [0.2, 0.25) is 0 Å². The minimum Gasteiger partial charge on any atom is -0.382 e. The van der Waals surface area contributed by atoms with Crippen LogP contribution < -0.4 is 5.73 Å². The molecule has 0 aromatic rings. The van der Waals surface area contributed by atoms with Crippen molar-refractivity contribution in [2.45, 2.75) is 38.6 Å². The molecule has 74 valence electrons. The first-order chi connectivity index (χ1) is 5.25. The Morgan fingerprint density at radius 3 is 2.00 bits per heavy atom. The number of hydrogen-bond donors (Lipinski definition) is 2. The second-order valence-corrected chi connectivity index (χ2v) is 3.28. The van der Waals surface area contributed by atoms with Crippen molar-refractivity contribution >= 4 is 0 Å². The summed E-state index contributed by atoms with van der Waals surface area (Å²) in [5, 5.41) is 8.65. The number of rotatable bonds is 3. The Labute approximate surface area is 69.6 Å². The molecule has 2 nitrogen and oxygen atoms in total. The fourth-order valence-electron chi connectivity index (χ4n) is 0.916. The van der Waals surface area contributed by atoms with E-state index in [4.69, 9.17) is 10.8 Å². The van der Waals surface area contributed by atoms with Crippen LogP contribution in [0, 0.1) is 5.92 Å². The number of hydrogen-bond acceptors (Lipinski definition) is 2. The average molecular weight is 185 g/mol. The zero-order valence-electron chi connectivity index (χ0n) is 7.10. The lowest BCUT2D eigenvalue weighted by Gasteiger charge is -2.22. The second kappa shape index (κ2) is 4.09. The minimum atomic E-state index is -4.60. The molecule has 0 amide bonds. The van der Waals surface area contributed by atoms with Gasteiger partial charge in [0.15, 0.2) is 6.10 Å². The van der Waals surface area contributed by atoms with Crippen molar-refractivity contribution in [2.24, 2.45) is 11.7 Å². The lowest BCUT2D eigenvalue weighted by molar-refractivity contribution is -0.210. The van der Waals surface area contributed by atoms with E-state index < -0.39 is 18.3 Å². The third-order valence-corrected chi connectivity index (χ3v) is 1.48. The van der Waals surface area contributed by atoms with E-state index in [0.29, 0.717) is 0 Å². The molecule has 2 atom stereocenters. The Balaban J connectivity index is 4.01. The van der Waals surface area contributed by atoms with Crippen molar-refractivity contribution in [1.82, 2.24) is 0 Å². The number of nitrogens with two attached hydrogens (primary N) is 1. The molecule has 0 aromatic heterocycles. The highest BCUT2D eigenvalue weighted by Gasteiger charge is 2.42. The smallest absolute Gasteiger partial charge is 0.382 e. The van der Waals surface area contributed by atoms with Gasteiger partial charge in [0.2, 0.25) is 0 Å². The van der Waals surface area contributed by atoms with Crippen molar-refractivity contribution in [3.05, 3.63) is 0 Å². The standard InChI is InChI=1S/C7H14F3NO/c1-4(2)3-5(11)6(12)7(8,9)10/h4-6,12H,3,11H2,1-2H3/t5-,6-/m1/s1. The van der Waals surface area contributed by atoms with Gasteiger partial charge in [0.25, 0.3) is 0 Å². The third-order valence-electron chi connectivity index (χ3n) is 1.48. The van der Waals surface area contributed by atoms with Crippen LogP contribution in [0.25, 0.3) is 0 Å². The maximum atomic E-state index is 11.8. The van der Waals surface area contributed by atoms with E-state index in [1.54, 1.807) is 13.8 Å². The Kier molecular flexibility index (Phi) is 3.99. The molecule has 0 saturated carbocycles. The largest absolute Gasteiger partial charge is 0.415 e. The van der Waals surface area contributed by atoms with Crippen LogP contribution in [0.3, 0.4) is 0 Å². The summed E-state index contributed by atoms with van der Waals surface area (Å²) in [7, 11) is 0. The van der Waals surface area contributed by atoms with E-state index in [0.717, 1.165) is 0 Å². The zero-order chi connectivity index (χ0) is 9.94. The van der Waals surface area contributed by atoms with E-state index in [1.807, 2.05) is 0 Å². The van der Waals surface area contributed by atoms with Crippen LogP contribution in [0.1, 0.15) is 20.3 Å². The van der Waals surface area contributed by atoms with Gasteiger partial charge in [0.05, 0.1) is 0 Å². The van der Waals surface area contributed by atoms with E-state index in [2.05, 4.69) is 0 Å². The van der Waals surface area contributed by atoms with E-state index in [9.17, 15) is 13.2 Å². The van der Waals surface area contributed by atoms with Crippen molar-refractivity contribution in [3.8, 4) is 0 Å². The molecule has 0 heterocycles. The molecular formula is C7H14F3NO. The molecule has 0 saturated heterocycles. The maximum Gasteiger partial charge on any atom is 0.415 e. The van der Waals surface area contributed by atoms with Crippen LogP contribution in [-0.2, 0) is 0 Å². The first-order valence-corrected chi connectivity index (χ1v) is 3.75. The molecule has 12 heavy (non-hydrogen) atoms. The minimum absolute atomic E-state index is 0.0528. The highest BCUT2D eigenvalue weighted by Crippen LogP contribution is 2.23. The third kappa shape index (κ3) is 3.92. The van der Waals surface area contributed by atoms with Crippen LogP contribution in [0.5, 0.6) is 0 Å². The monoisotopic (exact) mass is 185 g/mol. The predicted octanol–water partition coefficient (Wildman–Crippen LogP) is 1.28. The summed E-state index contributed by atoms with van der Waals surface area (Å²) in [6, 6.07) is -1.22. The Hall–Kier alpha value is -0.290. The molecule has 0 rings (SSSR count). The normalized spacial score (nSPS) is 18.0. The number of alkyl halides is 3. The van der Waals surface area contributed by atoms with Crippen LogP contribution in [0.15, 0.2) is 0 Å². The van der Waals surface area contributed by atoms with E-state index in [1.165, 1.54) is 0 Å². The molecule has 0 aliphatic carbocycles. The van der Waals surface area contributed by atoms with Gasteiger partial charge in [-0.25, -0.2) is 0 Å². The summed E-state index contributed by atoms with van der Waals surface area (Å²) in [6.45, 7) is 3.51. The van der Waals surface area contributed by atoms with Gasteiger partial charge >= 0.3 is 6.18 Å². The van der Waals surface area contributed by atoms with Gasteiger partial charge < -0.3 is 10.8 Å². The van der Waals surface area contributed by atoms with Crippen LogP contribution >= 0.6 is 0 Å². The van der Waals surface area contributed by atoms with Crippen molar-refractivity contribution in [3.63, 3.8) is 0 Å². The van der Waals surface area contributed by atoms with Crippen LogP contribution in [0.4, 0.5) is 13.2 Å². The molecule has 0 bridgehead atoms. The molecule has 0 radical (unpaired) electrons. The molecular weight excluding hydrogens is 171 g/mol. The fourth-order valence-corrected chi connectivity index (χ4v) is 0.916. The molecule has 0 fully saturated rings. The Morgan fingerprint density at radius 1 is 1.33 bits per heavy atom. The quantitative estimate of drug-likeness (QED) is 0.695. The van der Waals surface area contributed by atoms with Crippen LogP contribution in [-0.4, -0.2) is 23.4 Å². The SMILES string of the molecule is CC(C)C[C@@H](N)[C@@H](O)C(F)(F)F. The summed E-state index contributed by atoms with van der Waals surface area (Å²) < 4.78 is 35.5. The first kappa shape index (κ1) is 11.7. The maximum absolute atomic E-state index is 11.8. The highest BCUT2D eigenvalue weighted by atomic mass is 19.4. The molecule has 0 aliphatic rings. The van der Waals surface area contributed by atoms with Crippen molar-refractivity contribution < 1.29 is 18.3 Å². The molecule has 0 unspecified atom stereocenters. The lowest BCUT2D eigenvalue weighted by atomic mass is 10.00. The summed E-state index contributed by atoms with van der Waals surface area (Å²) in [4.78, 5) is 0. The number of aliphatic hydroxyl groups excluding tert-OH is 1. The highest BCUT2D eigenvalue weighted by molar-refractivity contribution is 4.78. The van der Waals surface area contributed by atoms with Gasteiger partial charge in [-0.15, -0.1) is 0 Å². The lowest BCUT2D eigenvalue weighted by Crippen LogP contribution is -2.45. The second-order valence-electron chi connectivity index (χ2n) is 3.28. The number of aliphatic hydroxyl groups is 1. The summed E-state index contributed by atoms with van der Waals surface area (Å²) >= 11 is 0. The topological polar surface area (TPSA) is 46.2 Å². The number of halogens is 3. The summed E-state index contributed by atoms with van der Waals surface area (Å²) in [5.74, 6) is 0.0528. The van der Waals surface area contributed by atoms with Gasteiger partial charge in [0, 0.05) is 6.04 Å². The molecule has 0 aromatic carbocycles. The fraction of sp³-hybridized carbons (Fsp3) is 1.00. The molecule has 0 spiro atoms. The van der Waals surface area contributed by atoms with Gasteiger partial charge in [-0.05, 0) is 12.3 Å². The molecule has 3 N–H and O–H groups in total. The van der Waals surface area contributed by atoms with Gasteiger partial charge in [0.1, 0.15) is 0 Å². The Bertz CT molecular complexity index is 135. The Morgan fingerprint density at radius 2 is 1.75 bits per heavy atom. The zero-order valence-corrected chi connectivity index (χ0v) is 7.10. The molecule has 0 aliphatic heterocycles. The summed E-state index contributed by atoms with van der Waals surface area (Å²) in [5.41, 5.74) is 5.13. The first-order valence-electron chi connectivity index (χ1n) is 3.75. The van der Waals surface area contributed by atoms with E-state index >= 15 is 0 Å². The van der Waals surface area contributed by atoms with Gasteiger partial charge in [-0.1, -0.05) is 13.8 Å². The van der Waals surface area contributed by atoms with Crippen molar-refractivity contribution in [2.75, 3.05) is 0 Å². The van der Waals surface area contributed by atoms with Gasteiger partial charge in [-0.2, -0.15) is 13.2 Å². The molecule has 5 heteroatoms.